The molecular formula is C24H40N5O7P. The van der Waals surface area contributed by atoms with Gasteiger partial charge in [0.1, 0.15) is 30.2 Å². The molecule has 2 N–H and O–H groups in total. The Kier molecular flexibility index (Phi) is 10.0. The fourth-order valence-electron chi connectivity index (χ4n) is 4.40. The average molecular weight is 545 g/mol. The first-order valence-electron chi connectivity index (χ1n) is 13.2. The first-order valence-corrected chi connectivity index (χ1v) is 13.2. The van der Waals surface area contributed by atoms with E-state index in [4.69, 9.17) is 27.9 Å². The van der Waals surface area contributed by atoms with Crippen molar-refractivity contribution in [2.45, 2.75) is 97.6 Å². The Hall–Kier alpha value is -1.97. The van der Waals surface area contributed by atoms with E-state index in [1.165, 1.54) is 18.6 Å². The fourth-order valence-corrected chi connectivity index (χ4v) is 6.18. The summed E-state index contributed by atoms with van der Waals surface area (Å²) in [5, 5.41) is 6.05. The molecule has 0 aliphatic carbocycles. The van der Waals surface area contributed by atoms with Crippen molar-refractivity contribution in [3.05, 3.63) is 33.7 Å². The van der Waals surface area contributed by atoms with E-state index in [2.05, 4.69) is 24.9 Å². The van der Waals surface area contributed by atoms with Gasteiger partial charge in [0.25, 0.3) is 8.53 Å². The maximum atomic E-state index is 12.9. The number of hydrogen-bond donors (Lipinski definition) is 2. The second kappa shape index (κ2) is 13.2. The van der Waals surface area contributed by atoms with Crippen molar-refractivity contribution in [1.29, 1.82) is 1.43 Å². The molecule has 3 heterocycles. The fraction of sp³-hybridized carbons (Fsp3) is 0.750. The van der Waals surface area contributed by atoms with Crippen LogP contribution >= 0.6 is 8.53 Å². The lowest BCUT2D eigenvalue weighted by atomic mass is 9.96. The van der Waals surface area contributed by atoms with Crippen molar-refractivity contribution in [1.82, 2.24) is 14.2 Å². The average Bonchev–Trinajstić information content (AvgIpc) is 3.28. The molecule has 1 aromatic rings. The minimum Gasteiger partial charge on any atom is -0.400 e. The molecule has 13 heteroatoms. The standard InChI is InChI=1S/C23H36N5O6P.CH4O/c1-13(2)28(14(3)4)35(31-11-10-24-9)34-19-18-21(33-23(19,8)16(6)32-18)27-12-15(5)20(25-17(7)29)26-22(27)30;1-2/h12-14,16,18-19,21H,10-11H2,1-8H3,(H,25,26,29,30);2H,1H3/t16?,18-,19+,21-,23+,35?;/m1./s1/i8D;2T. The first-order chi connectivity index (χ1) is 18.4. The number of aryl methyl sites for hydroxylation is 1. The predicted octanol–water partition coefficient (Wildman–Crippen LogP) is 2.86. The van der Waals surface area contributed by atoms with Gasteiger partial charge in [-0.25, -0.2) is 16.0 Å². The van der Waals surface area contributed by atoms with E-state index in [1.54, 1.807) is 13.1 Å². The van der Waals surface area contributed by atoms with E-state index in [1.807, 2.05) is 34.6 Å². The summed E-state index contributed by atoms with van der Waals surface area (Å²) in [5.41, 5.74) is -1.15. The number of hydrogen-bond acceptors (Lipinski definition) is 9. The van der Waals surface area contributed by atoms with Crippen LogP contribution in [0.5, 0.6) is 0 Å². The van der Waals surface area contributed by atoms with Gasteiger partial charge in [-0.1, -0.05) is 0 Å². The Balaban J connectivity index is 0.00000170. The summed E-state index contributed by atoms with van der Waals surface area (Å²) in [6, 6.07) is 0.196. The van der Waals surface area contributed by atoms with Crippen LogP contribution in [-0.4, -0.2) is 82.9 Å². The molecule has 2 aliphatic heterocycles. The number of nitrogens with one attached hydrogen (secondary N) is 1. The molecule has 208 valence electrons. The van der Waals surface area contributed by atoms with Crippen LogP contribution in [0.2, 0.25) is 0 Å². The molecule has 0 radical (unpaired) electrons. The quantitative estimate of drug-likeness (QED) is 0.260. The summed E-state index contributed by atoms with van der Waals surface area (Å²) in [6.45, 7) is 20.4. The number of aromatic nitrogens is 2. The maximum Gasteiger partial charge on any atom is 0.351 e. The highest BCUT2D eigenvalue weighted by Gasteiger charge is 2.65. The van der Waals surface area contributed by atoms with Crippen molar-refractivity contribution >= 4 is 20.3 Å². The molecule has 2 unspecified atom stereocenters. The van der Waals surface area contributed by atoms with E-state index >= 15 is 0 Å². The molecule has 1 aromatic heterocycles. The smallest absolute Gasteiger partial charge is 0.351 e. The van der Waals surface area contributed by atoms with E-state index in [0.29, 0.717) is 5.56 Å². The lowest BCUT2D eigenvalue weighted by Gasteiger charge is -2.38. The van der Waals surface area contributed by atoms with Gasteiger partial charge in [-0.15, -0.1) is 0 Å². The molecule has 0 spiro atoms. The Bertz CT molecular complexity index is 1060. The van der Waals surface area contributed by atoms with Crippen molar-refractivity contribution in [2.24, 2.45) is 0 Å². The Morgan fingerprint density at radius 3 is 2.70 bits per heavy atom. The highest BCUT2D eigenvalue weighted by Crippen LogP contribution is 2.56. The number of carbonyl (C=O) groups is 1. The third-order valence-corrected chi connectivity index (χ3v) is 8.12. The van der Waals surface area contributed by atoms with Crippen molar-refractivity contribution < 1.29 is 29.8 Å². The topological polar surface area (TPSA) is 129 Å². The van der Waals surface area contributed by atoms with Crippen LogP contribution in [0.1, 0.15) is 61.6 Å². The Morgan fingerprint density at radius 1 is 1.51 bits per heavy atom. The van der Waals surface area contributed by atoms with Crippen molar-refractivity contribution in [3.8, 4) is 0 Å². The molecule has 12 nitrogen and oxygen atoms in total. The number of nitrogens with zero attached hydrogens (tertiary/aromatic N) is 4. The van der Waals surface area contributed by atoms with Crippen LogP contribution in [0, 0.1) is 13.5 Å². The third kappa shape index (κ3) is 6.73. The number of fused-ring (bicyclic) bond motifs is 2. The number of carbonyl (C=O) groups excluding carboxylic acids is 1. The normalized spacial score (nSPS) is 27.9. The maximum absolute atomic E-state index is 12.9. The summed E-state index contributed by atoms with van der Waals surface area (Å²) in [4.78, 5) is 31.8. The van der Waals surface area contributed by atoms with Crippen molar-refractivity contribution in [2.75, 3.05) is 25.6 Å². The zero-order chi connectivity index (χ0) is 29.5. The second-order valence-electron chi connectivity index (χ2n) is 9.40. The van der Waals surface area contributed by atoms with Gasteiger partial charge in [-0.2, -0.15) is 4.98 Å². The van der Waals surface area contributed by atoms with Crippen LogP contribution in [0.4, 0.5) is 5.82 Å². The summed E-state index contributed by atoms with van der Waals surface area (Å²) >= 11 is 0. The Morgan fingerprint density at radius 2 is 2.16 bits per heavy atom. The van der Waals surface area contributed by atoms with Gasteiger partial charge in [0.15, 0.2) is 6.23 Å². The zero-order valence-corrected chi connectivity index (χ0v) is 23.7. The molecule has 0 saturated carbocycles. The summed E-state index contributed by atoms with van der Waals surface area (Å²) in [5.74, 6) is -0.144. The highest BCUT2D eigenvalue weighted by molar-refractivity contribution is 7.44. The molecule has 0 aromatic carbocycles. The number of aliphatic hydroxyl groups excluding tert-OH is 1. The highest BCUT2D eigenvalue weighted by atomic mass is 31.2. The Labute approximate surface area is 222 Å². The second-order valence-corrected chi connectivity index (χ2v) is 10.8. The van der Waals surface area contributed by atoms with Gasteiger partial charge in [0.05, 0.1) is 6.10 Å². The first kappa shape index (κ1) is 28.0. The van der Waals surface area contributed by atoms with E-state index < -0.39 is 44.4 Å². The van der Waals surface area contributed by atoms with Crippen molar-refractivity contribution in [3.63, 3.8) is 0 Å². The number of rotatable bonds is 10. The molecule has 37 heavy (non-hydrogen) atoms. The number of amides is 1. The van der Waals surface area contributed by atoms with Crippen LogP contribution in [-0.2, 0) is 23.3 Å². The molecule has 6 atom stereocenters. The van der Waals surface area contributed by atoms with Crippen LogP contribution < -0.4 is 11.0 Å². The van der Waals surface area contributed by atoms with Gasteiger partial charge < -0.3 is 33.8 Å². The zero-order valence-electron chi connectivity index (χ0n) is 24.8. The SMILES string of the molecule is [2H]C[C@]12O[C@@H](n3cc(C)c(NC(C)=O)nc3=O)[C@H](OC1C)[C@@H]2OP(OCC[N+]#[C-])N(C(C)C)C(C)C.[3H]OC. The van der Waals surface area contributed by atoms with Gasteiger partial charge in [0.2, 0.25) is 13.9 Å². The minimum absolute atomic E-state index is 0.0981. The molecule has 2 aliphatic rings. The number of ether oxygens (including phenoxy) is 2. The minimum atomic E-state index is -1.62. The largest absolute Gasteiger partial charge is 0.400 e. The van der Waals surface area contributed by atoms with Gasteiger partial charge in [0, 0.05) is 39.2 Å². The molecule has 2 bridgehead atoms. The third-order valence-electron chi connectivity index (χ3n) is 6.01. The molecule has 3 rings (SSSR count). The summed E-state index contributed by atoms with van der Waals surface area (Å²) in [6.07, 6.45) is -1.12. The molecule has 2 saturated heterocycles. The lowest BCUT2D eigenvalue weighted by Crippen LogP contribution is -2.45. The molecule has 2 fully saturated rings. The number of aliphatic hydroxyl groups is 1. The van der Waals surface area contributed by atoms with Crippen LogP contribution in [0.25, 0.3) is 4.85 Å². The molecular weight excluding hydrogens is 501 g/mol. The summed E-state index contributed by atoms with van der Waals surface area (Å²) < 4.78 is 42.8. The van der Waals surface area contributed by atoms with E-state index in [9.17, 15) is 9.59 Å². The van der Waals surface area contributed by atoms with Crippen LogP contribution in [0.3, 0.4) is 0 Å². The lowest BCUT2D eigenvalue weighted by molar-refractivity contribution is -0.200. The van der Waals surface area contributed by atoms with Gasteiger partial charge in [-0.05, 0) is 48.4 Å². The van der Waals surface area contributed by atoms with Crippen LogP contribution in [0.15, 0.2) is 11.0 Å². The van der Waals surface area contributed by atoms with E-state index in [-0.39, 0.29) is 43.9 Å². The summed E-state index contributed by atoms with van der Waals surface area (Å²) in [7, 11) is -0.325. The molecule has 1 amide bonds. The monoisotopic (exact) mass is 544 g/mol. The van der Waals surface area contributed by atoms with Gasteiger partial charge >= 0.3 is 5.69 Å². The van der Waals surface area contributed by atoms with Gasteiger partial charge in [-0.3, -0.25) is 9.36 Å². The predicted molar refractivity (Wildman–Crippen MR) is 140 cm³/mol. The number of anilines is 1. The van der Waals surface area contributed by atoms with E-state index in [0.717, 1.165) is 0 Å².